The lowest BCUT2D eigenvalue weighted by molar-refractivity contribution is -0.132. The number of anilines is 2. The van der Waals surface area contributed by atoms with E-state index in [9.17, 15) is 9.59 Å². The fraction of sp³-hybridized carbons (Fsp3) is 0. The molecule has 0 spiro atoms. The highest BCUT2D eigenvalue weighted by atomic mass is 16.2. The fourth-order valence-electron chi connectivity index (χ4n) is 2.07. The van der Waals surface area contributed by atoms with Crippen LogP contribution in [0.3, 0.4) is 0 Å². The van der Waals surface area contributed by atoms with Crippen LogP contribution >= 0.6 is 0 Å². The van der Waals surface area contributed by atoms with E-state index in [-0.39, 0.29) is 5.56 Å². The molecule has 0 fully saturated rings. The van der Waals surface area contributed by atoms with Gasteiger partial charge in [-0.15, -0.1) is 0 Å². The van der Waals surface area contributed by atoms with Crippen LogP contribution in [-0.4, -0.2) is 22.0 Å². The summed E-state index contributed by atoms with van der Waals surface area (Å²) in [4.78, 5) is 23.9. The van der Waals surface area contributed by atoms with Gasteiger partial charge in [0.25, 0.3) is 0 Å². The van der Waals surface area contributed by atoms with Gasteiger partial charge in [-0.2, -0.15) is 10.4 Å². The van der Waals surface area contributed by atoms with Crippen LogP contribution in [-0.2, 0) is 9.59 Å². The number of nitriles is 1. The normalized spacial score (nSPS) is 10.0. The zero-order valence-corrected chi connectivity index (χ0v) is 11.8. The predicted octanol–water partition coefficient (Wildman–Crippen LogP) is 2.01. The minimum Gasteiger partial charge on any atom is -0.318 e. The summed E-state index contributed by atoms with van der Waals surface area (Å²) in [5.41, 5.74) is 1.79. The smallest absolute Gasteiger partial charge is 0.314 e. The van der Waals surface area contributed by atoms with Crippen molar-refractivity contribution < 1.29 is 9.59 Å². The van der Waals surface area contributed by atoms with E-state index in [2.05, 4.69) is 20.8 Å². The summed E-state index contributed by atoms with van der Waals surface area (Å²) in [6.07, 6.45) is 1.66. The molecule has 2 aromatic carbocycles. The summed E-state index contributed by atoms with van der Waals surface area (Å²) in [5.74, 6) is -1.67. The highest BCUT2D eigenvalue weighted by Gasteiger charge is 2.15. The standard InChI is InChI=1S/C16H11N5O2/c17-8-10-3-1-2-4-13(10)20-16(23)15(22)19-12-6-5-11-9-18-21-14(11)7-12/h1-7,9H,(H,18,21)(H,19,22)(H,20,23). The minimum absolute atomic E-state index is 0.285. The van der Waals surface area contributed by atoms with Crippen LogP contribution in [0.1, 0.15) is 5.56 Å². The van der Waals surface area contributed by atoms with Crippen LogP contribution in [0.2, 0.25) is 0 Å². The Kier molecular flexibility index (Phi) is 3.72. The molecule has 0 aliphatic rings. The molecule has 23 heavy (non-hydrogen) atoms. The van der Waals surface area contributed by atoms with Crippen LogP contribution in [0.15, 0.2) is 48.7 Å². The maximum absolute atomic E-state index is 12.0. The number of rotatable bonds is 2. The van der Waals surface area contributed by atoms with Crippen molar-refractivity contribution >= 4 is 34.1 Å². The zero-order valence-electron chi connectivity index (χ0n) is 11.8. The van der Waals surface area contributed by atoms with Gasteiger partial charge in [0, 0.05) is 11.1 Å². The quantitative estimate of drug-likeness (QED) is 0.629. The number of H-pyrrole nitrogens is 1. The van der Waals surface area contributed by atoms with Crippen molar-refractivity contribution in [2.24, 2.45) is 0 Å². The molecular formula is C16H11N5O2. The molecule has 0 aliphatic heterocycles. The molecule has 3 rings (SSSR count). The maximum atomic E-state index is 12.0. The Bertz CT molecular complexity index is 939. The van der Waals surface area contributed by atoms with Gasteiger partial charge in [0.1, 0.15) is 6.07 Å². The molecule has 1 aromatic heterocycles. The van der Waals surface area contributed by atoms with Gasteiger partial charge in [0.15, 0.2) is 0 Å². The molecule has 0 saturated carbocycles. The second-order valence-electron chi connectivity index (χ2n) is 4.74. The molecule has 0 saturated heterocycles. The molecule has 3 N–H and O–H groups in total. The number of para-hydroxylation sites is 1. The highest BCUT2D eigenvalue weighted by molar-refractivity contribution is 6.43. The molecule has 0 aliphatic carbocycles. The van der Waals surface area contributed by atoms with Crippen molar-refractivity contribution in [3.8, 4) is 6.07 Å². The first-order valence-corrected chi connectivity index (χ1v) is 6.72. The van der Waals surface area contributed by atoms with Gasteiger partial charge in [-0.05, 0) is 30.3 Å². The number of hydrogen-bond acceptors (Lipinski definition) is 4. The highest BCUT2D eigenvalue weighted by Crippen LogP contribution is 2.17. The van der Waals surface area contributed by atoms with Gasteiger partial charge in [-0.1, -0.05) is 12.1 Å². The molecule has 112 valence electrons. The SMILES string of the molecule is N#Cc1ccccc1NC(=O)C(=O)Nc1ccc2cn[nH]c2c1. The van der Waals surface area contributed by atoms with E-state index in [1.54, 1.807) is 48.7 Å². The number of fused-ring (bicyclic) bond motifs is 1. The van der Waals surface area contributed by atoms with Crippen molar-refractivity contribution in [3.05, 3.63) is 54.2 Å². The van der Waals surface area contributed by atoms with E-state index in [1.807, 2.05) is 6.07 Å². The van der Waals surface area contributed by atoms with Gasteiger partial charge in [0.2, 0.25) is 0 Å². The first-order chi connectivity index (χ1) is 11.2. The molecule has 1 heterocycles. The third-order valence-corrected chi connectivity index (χ3v) is 3.20. The number of carbonyl (C=O) groups excluding carboxylic acids is 2. The second-order valence-corrected chi connectivity index (χ2v) is 4.74. The molecule has 7 nitrogen and oxygen atoms in total. The van der Waals surface area contributed by atoms with Crippen LogP contribution in [0.25, 0.3) is 10.9 Å². The average molecular weight is 305 g/mol. The summed E-state index contributed by atoms with van der Waals surface area (Å²) in [7, 11) is 0. The maximum Gasteiger partial charge on any atom is 0.314 e. The molecule has 0 radical (unpaired) electrons. The monoisotopic (exact) mass is 305 g/mol. The number of benzene rings is 2. The predicted molar refractivity (Wildman–Crippen MR) is 84.5 cm³/mol. The topological polar surface area (TPSA) is 111 Å². The van der Waals surface area contributed by atoms with Gasteiger partial charge in [-0.3, -0.25) is 14.7 Å². The summed E-state index contributed by atoms with van der Waals surface area (Å²) in [5, 5.41) is 21.5. The number of nitrogens with zero attached hydrogens (tertiary/aromatic N) is 2. The van der Waals surface area contributed by atoms with Crippen molar-refractivity contribution in [3.63, 3.8) is 0 Å². The number of carbonyl (C=O) groups is 2. The van der Waals surface area contributed by atoms with Crippen LogP contribution in [0.5, 0.6) is 0 Å². The van der Waals surface area contributed by atoms with Crippen molar-refractivity contribution in [2.75, 3.05) is 10.6 Å². The lowest BCUT2D eigenvalue weighted by Gasteiger charge is -2.07. The van der Waals surface area contributed by atoms with E-state index in [1.165, 1.54) is 0 Å². The number of amides is 2. The van der Waals surface area contributed by atoms with Gasteiger partial charge in [-0.25, -0.2) is 0 Å². The Labute approximate surface area is 130 Å². The van der Waals surface area contributed by atoms with E-state index in [0.717, 1.165) is 10.9 Å². The van der Waals surface area contributed by atoms with Crippen molar-refractivity contribution in [1.29, 1.82) is 5.26 Å². The first-order valence-electron chi connectivity index (χ1n) is 6.72. The van der Waals surface area contributed by atoms with Crippen LogP contribution in [0, 0.1) is 11.3 Å². The van der Waals surface area contributed by atoms with Crippen molar-refractivity contribution in [1.82, 2.24) is 10.2 Å². The van der Waals surface area contributed by atoms with Gasteiger partial charge >= 0.3 is 11.8 Å². The second kappa shape index (κ2) is 5.99. The lowest BCUT2D eigenvalue weighted by Crippen LogP contribution is -2.29. The summed E-state index contributed by atoms with van der Waals surface area (Å²) in [6, 6.07) is 13.5. The van der Waals surface area contributed by atoms with Gasteiger partial charge in [0.05, 0.1) is 23.0 Å². The van der Waals surface area contributed by atoms with Crippen LogP contribution in [0.4, 0.5) is 11.4 Å². The lowest BCUT2D eigenvalue weighted by atomic mass is 10.2. The molecule has 7 heteroatoms. The number of nitrogens with one attached hydrogen (secondary N) is 3. The van der Waals surface area contributed by atoms with E-state index >= 15 is 0 Å². The van der Waals surface area contributed by atoms with Crippen LogP contribution < -0.4 is 10.6 Å². The molecular weight excluding hydrogens is 294 g/mol. The Hall–Kier alpha value is -3.66. The Morgan fingerprint density at radius 2 is 1.87 bits per heavy atom. The average Bonchev–Trinajstić information content (AvgIpc) is 3.03. The summed E-state index contributed by atoms with van der Waals surface area (Å²) in [6.45, 7) is 0. The van der Waals surface area contributed by atoms with E-state index in [4.69, 9.17) is 5.26 Å². The molecule has 0 unspecified atom stereocenters. The zero-order chi connectivity index (χ0) is 16.2. The van der Waals surface area contributed by atoms with Crippen molar-refractivity contribution in [2.45, 2.75) is 0 Å². The molecule has 0 atom stereocenters. The van der Waals surface area contributed by atoms with E-state index < -0.39 is 11.8 Å². The number of aromatic nitrogens is 2. The Balaban J connectivity index is 1.72. The van der Waals surface area contributed by atoms with E-state index in [0.29, 0.717) is 11.4 Å². The summed E-state index contributed by atoms with van der Waals surface area (Å²) < 4.78 is 0. The third-order valence-electron chi connectivity index (χ3n) is 3.20. The third kappa shape index (κ3) is 3.01. The molecule has 3 aromatic rings. The molecule has 0 bridgehead atoms. The Morgan fingerprint density at radius 3 is 2.70 bits per heavy atom. The first kappa shape index (κ1) is 14.3. The van der Waals surface area contributed by atoms with Gasteiger partial charge < -0.3 is 10.6 Å². The number of aromatic amines is 1. The summed E-state index contributed by atoms with van der Waals surface area (Å²) >= 11 is 0. The molecule has 2 amide bonds. The largest absolute Gasteiger partial charge is 0.318 e. The Morgan fingerprint density at radius 1 is 1.09 bits per heavy atom. The minimum atomic E-state index is -0.850. The fourth-order valence-corrected chi connectivity index (χ4v) is 2.07. The number of hydrogen-bond donors (Lipinski definition) is 3.